The minimum Gasteiger partial charge on any atom is -0.479 e. The minimum absolute atomic E-state index is 0.0580. The van der Waals surface area contributed by atoms with Crippen LogP contribution in [0.3, 0.4) is 0 Å². The van der Waals surface area contributed by atoms with Crippen LogP contribution in [-0.4, -0.2) is 29.8 Å². The van der Waals surface area contributed by atoms with Gasteiger partial charge in [0.2, 0.25) is 10.0 Å². The Labute approximate surface area is 137 Å². The van der Waals surface area contributed by atoms with Crippen molar-refractivity contribution < 1.29 is 17.7 Å². The smallest absolute Gasteiger partial charge is 0.328 e. The third kappa shape index (κ3) is 2.69. The van der Waals surface area contributed by atoms with Gasteiger partial charge in [-0.15, -0.1) is 0 Å². The molecule has 0 aliphatic heterocycles. The molecule has 1 aromatic carbocycles. The van der Waals surface area contributed by atoms with Crippen molar-refractivity contribution in [2.24, 2.45) is 14.1 Å². The van der Waals surface area contributed by atoms with Crippen molar-refractivity contribution in [3.63, 3.8) is 0 Å². The molecule has 0 atom stereocenters. The fourth-order valence-corrected chi connectivity index (χ4v) is 3.39. The molecule has 0 saturated carbocycles. The summed E-state index contributed by atoms with van der Waals surface area (Å²) in [6.45, 7) is -0.0650. The Balaban J connectivity index is 1.90. The number of ether oxygens (including phenoxy) is 1. The number of fused-ring (bicyclic) bond motifs is 1. The minimum atomic E-state index is -3.77. The molecule has 0 amide bonds. The maximum Gasteiger partial charge on any atom is 0.328 e. The lowest BCUT2D eigenvalue weighted by atomic mass is 10.3. The monoisotopic (exact) mass is 352 g/mol. The summed E-state index contributed by atoms with van der Waals surface area (Å²) in [5.41, 5.74) is 0.967. The predicted molar refractivity (Wildman–Crippen MR) is 85.2 cm³/mol. The van der Waals surface area contributed by atoms with Gasteiger partial charge in [-0.05, 0) is 23.4 Å². The highest BCUT2D eigenvalue weighted by Crippen LogP contribution is 2.18. The Bertz CT molecular complexity index is 1060. The molecular weight excluding hydrogens is 336 g/mol. The van der Waals surface area contributed by atoms with E-state index in [0.29, 0.717) is 16.8 Å². The molecule has 128 valence electrons. The van der Waals surface area contributed by atoms with Crippen LogP contribution in [0.2, 0.25) is 0 Å². The quantitative estimate of drug-likeness (QED) is 0.710. The zero-order valence-corrected chi connectivity index (χ0v) is 14.1. The van der Waals surface area contributed by atoms with E-state index in [9.17, 15) is 13.2 Å². The number of hydrogen-bond acceptors (Lipinski definition) is 6. The molecule has 10 heteroatoms. The molecule has 1 N–H and O–H groups in total. The van der Waals surface area contributed by atoms with Crippen LogP contribution in [-0.2, 0) is 30.7 Å². The highest BCUT2D eigenvalue weighted by atomic mass is 32.2. The first-order valence-corrected chi connectivity index (χ1v) is 8.46. The second kappa shape index (κ2) is 5.80. The molecular formula is C14H16N4O5S. The van der Waals surface area contributed by atoms with Gasteiger partial charge in [0.05, 0.1) is 29.6 Å². The van der Waals surface area contributed by atoms with E-state index in [0.717, 1.165) is 0 Å². The number of methoxy groups -OCH3 is 1. The molecule has 3 rings (SSSR count). The normalized spacial score (nSPS) is 12.0. The number of aromatic nitrogens is 3. The van der Waals surface area contributed by atoms with Crippen molar-refractivity contribution in [2.45, 2.75) is 11.4 Å². The van der Waals surface area contributed by atoms with E-state index in [1.165, 1.54) is 34.4 Å². The molecule has 2 heterocycles. The summed E-state index contributed by atoms with van der Waals surface area (Å²) in [6, 6.07) is 6.00. The maximum atomic E-state index is 12.4. The highest BCUT2D eigenvalue weighted by Gasteiger charge is 2.18. The van der Waals surface area contributed by atoms with Crippen LogP contribution >= 0.6 is 0 Å². The number of nitrogens with zero attached hydrogens (tertiary/aromatic N) is 3. The number of hydrogen-bond donors (Lipinski definition) is 1. The molecule has 0 spiro atoms. The third-order valence-electron chi connectivity index (χ3n) is 3.74. The lowest BCUT2D eigenvalue weighted by Crippen LogP contribution is -2.23. The fraction of sp³-hybridized carbons (Fsp3) is 0.286. The average molecular weight is 352 g/mol. The van der Waals surface area contributed by atoms with E-state index in [2.05, 4.69) is 9.88 Å². The van der Waals surface area contributed by atoms with E-state index in [4.69, 9.17) is 9.26 Å². The Morgan fingerprint density at radius 2 is 1.92 bits per heavy atom. The first-order chi connectivity index (χ1) is 11.3. The van der Waals surface area contributed by atoms with Crippen LogP contribution < -0.4 is 15.1 Å². The molecule has 3 aromatic rings. The van der Waals surface area contributed by atoms with Gasteiger partial charge in [0.15, 0.2) is 5.76 Å². The first kappa shape index (κ1) is 16.3. The summed E-state index contributed by atoms with van der Waals surface area (Å²) in [6.07, 6.45) is 0. The number of nitrogens with one attached hydrogen (secondary N) is 1. The Morgan fingerprint density at radius 1 is 1.21 bits per heavy atom. The van der Waals surface area contributed by atoms with Gasteiger partial charge in [-0.1, -0.05) is 0 Å². The number of sulfonamides is 1. The highest BCUT2D eigenvalue weighted by molar-refractivity contribution is 7.89. The SMILES string of the molecule is COc1cc(CNS(=O)(=O)c2ccc3c(c2)n(C)c(=O)n3C)on1. The van der Waals surface area contributed by atoms with E-state index in [1.54, 1.807) is 20.2 Å². The summed E-state index contributed by atoms with van der Waals surface area (Å²) < 4.78 is 40.0. The second-order valence-electron chi connectivity index (χ2n) is 5.21. The van der Waals surface area contributed by atoms with Crippen LogP contribution in [0.4, 0.5) is 0 Å². The van der Waals surface area contributed by atoms with Crippen LogP contribution in [0.5, 0.6) is 5.88 Å². The van der Waals surface area contributed by atoms with Crippen molar-refractivity contribution in [2.75, 3.05) is 7.11 Å². The molecule has 0 radical (unpaired) electrons. The Morgan fingerprint density at radius 3 is 2.58 bits per heavy atom. The zero-order valence-electron chi connectivity index (χ0n) is 13.3. The molecule has 0 aliphatic rings. The van der Waals surface area contributed by atoms with Gasteiger partial charge in [0, 0.05) is 20.2 Å². The number of rotatable bonds is 5. The van der Waals surface area contributed by atoms with Crippen LogP contribution in [0.1, 0.15) is 5.76 Å². The van der Waals surface area contributed by atoms with Crippen LogP contribution in [0.25, 0.3) is 11.0 Å². The molecule has 2 aromatic heterocycles. The lowest BCUT2D eigenvalue weighted by Gasteiger charge is -2.05. The molecule has 24 heavy (non-hydrogen) atoms. The zero-order chi connectivity index (χ0) is 17.5. The van der Waals surface area contributed by atoms with Crippen molar-refractivity contribution in [3.05, 3.63) is 40.5 Å². The third-order valence-corrected chi connectivity index (χ3v) is 5.14. The molecule has 0 aliphatic carbocycles. The van der Waals surface area contributed by atoms with Crippen molar-refractivity contribution in [3.8, 4) is 5.88 Å². The molecule has 9 nitrogen and oxygen atoms in total. The summed E-state index contributed by atoms with van der Waals surface area (Å²) in [5, 5.41) is 3.60. The average Bonchev–Trinajstić information content (AvgIpc) is 3.13. The summed E-state index contributed by atoms with van der Waals surface area (Å²) in [7, 11) is 0.891. The van der Waals surface area contributed by atoms with Crippen molar-refractivity contribution >= 4 is 21.1 Å². The fourth-order valence-electron chi connectivity index (χ4n) is 2.38. The summed E-state index contributed by atoms with van der Waals surface area (Å²) in [5.74, 6) is 0.591. The van der Waals surface area contributed by atoms with Crippen molar-refractivity contribution in [1.29, 1.82) is 0 Å². The lowest BCUT2D eigenvalue weighted by molar-refractivity contribution is 0.325. The molecule has 0 unspecified atom stereocenters. The van der Waals surface area contributed by atoms with E-state index >= 15 is 0 Å². The summed E-state index contributed by atoms with van der Waals surface area (Å²) in [4.78, 5) is 12.0. The molecule has 0 saturated heterocycles. The summed E-state index contributed by atoms with van der Waals surface area (Å²) >= 11 is 0. The standard InChI is InChI=1S/C14H16N4O5S/c1-17-11-5-4-10(7-12(11)18(2)14(17)19)24(20,21)15-8-9-6-13(22-3)16-23-9/h4-7,15H,8H2,1-3H3. The van der Waals surface area contributed by atoms with Gasteiger partial charge in [-0.2, -0.15) is 0 Å². The Hall–Kier alpha value is -2.59. The number of benzene rings is 1. The Kier molecular flexibility index (Phi) is 3.93. The maximum absolute atomic E-state index is 12.4. The van der Waals surface area contributed by atoms with Gasteiger partial charge < -0.3 is 9.26 Å². The second-order valence-corrected chi connectivity index (χ2v) is 6.98. The van der Waals surface area contributed by atoms with Crippen LogP contribution in [0, 0.1) is 0 Å². The van der Waals surface area contributed by atoms with Crippen LogP contribution in [0.15, 0.2) is 38.5 Å². The molecule has 0 fully saturated rings. The van der Waals surface area contributed by atoms with E-state index < -0.39 is 10.0 Å². The van der Waals surface area contributed by atoms with Crippen molar-refractivity contribution in [1.82, 2.24) is 19.0 Å². The van der Waals surface area contributed by atoms with Gasteiger partial charge >= 0.3 is 5.69 Å². The number of aryl methyl sites for hydroxylation is 2. The molecule has 0 bridgehead atoms. The van der Waals surface area contributed by atoms with Gasteiger partial charge in [-0.25, -0.2) is 17.9 Å². The van der Waals surface area contributed by atoms with Gasteiger partial charge in [0.25, 0.3) is 5.88 Å². The van der Waals surface area contributed by atoms with Gasteiger partial charge in [-0.3, -0.25) is 9.13 Å². The largest absolute Gasteiger partial charge is 0.479 e. The first-order valence-electron chi connectivity index (χ1n) is 6.98. The van der Waals surface area contributed by atoms with E-state index in [1.807, 2.05) is 0 Å². The topological polar surface area (TPSA) is 108 Å². The van der Waals surface area contributed by atoms with Gasteiger partial charge in [0.1, 0.15) is 0 Å². The van der Waals surface area contributed by atoms with E-state index in [-0.39, 0.29) is 23.0 Å². The predicted octanol–water partition coefficient (Wildman–Crippen LogP) is 0.352. The number of imidazole rings is 1.